The van der Waals surface area contributed by atoms with Crippen molar-refractivity contribution in [2.75, 3.05) is 70.8 Å². The summed E-state index contributed by atoms with van der Waals surface area (Å²) in [7, 11) is 0. The summed E-state index contributed by atoms with van der Waals surface area (Å²) in [5, 5.41) is 27.2. The van der Waals surface area contributed by atoms with E-state index in [1.54, 1.807) is 6.92 Å². The Morgan fingerprint density at radius 2 is 1.51 bits per heavy atom. The molecule has 2 N–H and O–H groups in total. The Morgan fingerprint density at radius 3 is 2.09 bits per heavy atom. The molecule has 0 aliphatic heterocycles. The van der Waals surface area contributed by atoms with Gasteiger partial charge in [0.25, 0.3) is 0 Å². The van der Waals surface area contributed by atoms with E-state index in [1.165, 1.54) is 11.3 Å². The van der Waals surface area contributed by atoms with Crippen molar-refractivity contribution >= 4 is 38.4 Å². The lowest BCUT2D eigenvalue weighted by Crippen LogP contribution is -2.31. The van der Waals surface area contributed by atoms with E-state index in [2.05, 4.69) is 24.8 Å². The molecule has 0 amide bonds. The summed E-state index contributed by atoms with van der Waals surface area (Å²) >= 11 is 1.17. The molecule has 0 saturated carbocycles. The maximum Gasteiger partial charge on any atom is 0.234 e. The fourth-order valence-corrected chi connectivity index (χ4v) is 3.96. The minimum absolute atomic E-state index is 0.00769. The highest BCUT2D eigenvalue weighted by Gasteiger charge is 2.15. The van der Waals surface area contributed by atoms with E-state index in [1.807, 2.05) is 25.1 Å². The molecule has 1 heterocycles. The predicted octanol–water partition coefficient (Wildman–Crippen LogP) is 4.72. The lowest BCUT2D eigenvalue weighted by atomic mass is 10.1. The zero-order chi connectivity index (χ0) is 25.5. The van der Waals surface area contributed by atoms with Crippen molar-refractivity contribution < 1.29 is 24.4 Å². The molecule has 188 valence electrons. The second kappa shape index (κ2) is 15.9. The van der Waals surface area contributed by atoms with Crippen LogP contribution in [0.25, 0.3) is 9.69 Å². The van der Waals surface area contributed by atoms with Gasteiger partial charge in [-0.15, -0.1) is 11.3 Å². The number of aryl methyl sites for hydroxylation is 1. The first-order valence-electron chi connectivity index (χ1n) is 11.2. The maximum atomic E-state index is 8.94. The summed E-state index contributed by atoms with van der Waals surface area (Å²) in [6.45, 7) is 21.9. The third-order valence-electron chi connectivity index (χ3n) is 4.93. The van der Waals surface area contributed by atoms with E-state index in [0.29, 0.717) is 73.1 Å². The van der Waals surface area contributed by atoms with Crippen molar-refractivity contribution in [1.82, 2.24) is 0 Å². The molecule has 0 bridgehead atoms. The maximum absolute atomic E-state index is 8.94. The molecule has 0 aliphatic rings. The van der Waals surface area contributed by atoms with Gasteiger partial charge in [0, 0.05) is 18.8 Å². The zero-order valence-electron chi connectivity index (χ0n) is 20.1. The van der Waals surface area contributed by atoms with E-state index >= 15 is 0 Å². The van der Waals surface area contributed by atoms with Gasteiger partial charge in [0.05, 0.1) is 71.7 Å². The minimum atomic E-state index is -0.0217. The van der Waals surface area contributed by atoms with Gasteiger partial charge in [-0.1, -0.05) is 6.92 Å². The quantitative estimate of drug-likeness (QED) is 0.196. The van der Waals surface area contributed by atoms with Crippen LogP contribution >= 0.6 is 11.3 Å². The molecule has 0 atom stereocenters. The third kappa shape index (κ3) is 9.00. The molecule has 1 aromatic carbocycles. The number of thiophene rings is 1. The normalized spacial score (nSPS) is 11.0. The molecule has 1 aromatic heterocycles. The van der Waals surface area contributed by atoms with Crippen LogP contribution in [0.2, 0.25) is 0 Å². The Balaban J connectivity index is 2.08. The van der Waals surface area contributed by atoms with Crippen LogP contribution in [0, 0.1) is 27.0 Å². The van der Waals surface area contributed by atoms with Crippen molar-refractivity contribution in [1.29, 1.82) is 0 Å². The van der Waals surface area contributed by atoms with Gasteiger partial charge in [-0.25, -0.2) is 9.69 Å². The summed E-state index contributed by atoms with van der Waals surface area (Å²) in [5.74, 6) is 0. The summed E-state index contributed by atoms with van der Waals surface area (Å²) in [5.41, 5.74) is 3.57. The summed E-state index contributed by atoms with van der Waals surface area (Å²) in [4.78, 5) is 9.09. The number of hydrogen-bond acceptors (Lipinski definition) is 9. The summed E-state index contributed by atoms with van der Waals surface area (Å²) in [6.07, 6.45) is 0. The minimum Gasteiger partial charge on any atom is -0.394 e. The van der Waals surface area contributed by atoms with Crippen LogP contribution in [-0.4, -0.2) is 76.2 Å². The summed E-state index contributed by atoms with van der Waals surface area (Å²) < 4.78 is 16.3. The van der Waals surface area contributed by atoms with Crippen LogP contribution in [0.3, 0.4) is 0 Å². The molecular formula is C24H31N5O5S. The van der Waals surface area contributed by atoms with Crippen LogP contribution in [0.15, 0.2) is 28.4 Å². The lowest BCUT2D eigenvalue weighted by Gasteiger charge is -2.25. The molecule has 2 aromatic rings. The number of aliphatic hydroxyl groups excluding tert-OH is 2. The topological polar surface area (TPSA) is 105 Å². The number of rotatable bonds is 16. The second-order valence-corrected chi connectivity index (χ2v) is 8.33. The van der Waals surface area contributed by atoms with Gasteiger partial charge in [-0.05, 0) is 36.2 Å². The largest absolute Gasteiger partial charge is 0.394 e. The molecular weight excluding hydrogens is 470 g/mol. The number of anilines is 1. The first kappa shape index (κ1) is 28.3. The summed E-state index contributed by atoms with van der Waals surface area (Å²) in [6, 6.07) is 5.82. The van der Waals surface area contributed by atoms with Crippen LogP contribution < -0.4 is 4.90 Å². The SMILES string of the molecule is [C-]#[N+]c1sc(N=Nc2ccc(N(CCOCCO)CCOCCOCCO)cc2C)c([N+]#[C-])c1C. The van der Waals surface area contributed by atoms with Gasteiger partial charge in [0.2, 0.25) is 10.7 Å². The van der Waals surface area contributed by atoms with Crippen molar-refractivity contribution in [3.63, 3.8) is 0 Å². The van der Waals surface area contributed by atoms with Crippen molar-refractivity contribution in [2.45, 2.75) is 13.8 Å². The molecule has 11 heteroatoms. The second-order valence-electron chi connectivity index (χ2n) is 7.35. The van der Waals surface area contributed by atoms with Gasteiger partial charge < -0.3 is 29.3 Å². The average Bonchev–Trinajstić information content (AvgIpc) is 3.18. The van der Waals surface area contributed by atoms with Crippen LogP contribution in [0.1, 0.15) is 11.1 Å². The van der Waals surface area contributed by atoms with Gasteiger partial charge in [-0.3, -0.25) is 0 Å². The number of nitrogens with zero attached hydrogens (tertiary/aromatic N) is 5. The number of ether oxygens (including phenoxy) is 3. The van der Waals surface area contributed by atoms with Crippen molar-refractivity contribution in [3.8, 4) is 0 Å². The van der Waals surface area contributed by atoms with Crippen molar-refractivity contribution in [3.05, 3.63) is 52.2 Å². The van der Waals surface area contributed by atoms with E-state index in [0.717, 1.165) is 11.3 Å². The van der Waals surface area contributed by atoms with Gasteiger partial charge in [-0.2, -0.15) is 10.2 Å². The first-order valence-corrected chi connectivity index (χ1v) is 12.0. The molecule has 10 nitrogen and oxygen atoms in total. The highest BCUT2D eigenvalue weighted by molar-refractivity contribution is 7.20. The zero-order valence-corrected chi connectivity index (χ0v) is 20.9. The van der Waals surface area contributed by atoms with E-state index < -0.39 is 0 Å². The predicted molar refractivity (Wildman–Crippen MR) is 136 cm³/mol. The molecule has 0 spiro atoms. The fraction of sp³-hybridized carbons (Fsp3) is 0.500. The Labute approximate surface area is 210 Å². The Hall–Kier alpha value is -2.90. The van der Waals surface area contributed by atoms with E-state index in [4.69, 9.17) is 37.6 Å². The van der Waals surface area contributed by atoms with Gasteiger partial charge in [0.15, 0.2) is 0 Å². The Morgan fingerprint density at radius 1 is 0.886 bits per heavy atom. The highest BCUT2D eigenvalue weighted by Crippen LogP contribution is 2.47. The lowest BCUT2D eigenvalue weighted by molar-refractivity contribution is 0.0347. The molecule has 0 aliphatic carbocycles. The standard InChI is InChI=1S/C24H31N5O5S/c1-18-17-20(29(7-11-32-13-9-30)8-12-33-15-16-34-14-10-31)5-6-21(18)27-28-24-22(25-3)19(2)23(26-4)35-24/h5-6,17,30-31H,7-16H2,1-2H3. The number of aliphatic hydroxyl groups is 2. The van der Waals surface area contributed by atoms with Crippen LogP contribution in [-0.2, 0) is 14.2 Å². The Bertz CT molecular complexity index is 1040. The van der Waals surface area contributed by atoms with E-state index in [-0.39, 0.29) is 19.8 Å². The van der Waals surface area contributed by atoms with Crippen LogP contribution in [0.5, 0.6) is 0 Å². The highest BCUT2D eigenvalue weighted by atomic mass is 32.1. The number of azo groups is 1. The van der Waals surface area contributed by atoms with Crippen LogP contribution in [0.4, 0.5) is 27.1 Å². The monoisotopic (exact) mass is 501 g/mol. The fourth-order valence-electron chi connectivity index (χ4n) is 3.10. The molecule has 35 heavy (non-hydrogen) atoms. The number of hydrogen-bond donors (Lipinski definition) is 2. The first-order chi connectivity index (χ1) is 17.0. The van der Waals surface area contributed by atoms with Gasteiger partial charge in [0.1, 0.15) is 5.00 Å². The molecule has 2 rings (SSSR count). The Kier molecular flexibility index (Phi) is 12.9. The van der Waals surface area contributed by atoms with Crippen molar-refractivity contribution in [2.24, 2.45) is 10.2 Å². The smallest absolute Gasteiger partial charge is 0.234 e. The molecule has 0 unspecified atom stereocenters. The molecule has 0 fully saturated rings. The van der Waals surface area contributed by atoms with Gasteiger partial charge >= 0.3 is 0 Å². The average molecular weight is 502 g/mol. The number of benzene rings is 1. The molecule has 0 radical (unpaired) electrons. The van der Waals surface area contributed by atoms with E-state index in [9.17, 15) is 0 Å². The molecule has 0 saturated heterocycles. The third-order valence-corrected chi connectivity index (χ3v) is 5.99.